The summed E-state index contributed by atoms with van der Waals surface area (Å²) in [4.78, 5) is 25.8. The first-order valence-electron chi connectivity index (χ1n) is 7.62. The van der Waals surface area contributed by atoms with Gasteiger partial charge in [0, 0.05) is 25.7 Å². The third kappa shape index (κ3) is 4.00. The molecule has 120 valence electrons. The van der Waals surface area contributed by atoms with Gasteiger partial charge in [0.25, 0.3) is 5.91 Å². The molecule has 1 aliphatic heterocycles. The molecule has 2 amide bonds. The molecule has 0 aliphatic carbocycles. The number of aryl methyl sites for hydroxylation is 1. The minimum absolute atomic E-state index is 0.115. The predicted molar refractivity (Wildman–Crippen MR) is 84.8 cm³/mol. The molecule has 5 nitrogen and oxygen atoms in total. The van der Waals surface area contributed by atoms with Gasteiger partial charge in [0.15, 0.2) is 0 Å². The van der Waals surface area contributed by atoms with Crippen LogP contribution in [-0.2, 0) is 17.7 Å². The lowest BCUT2D eigenvalue weighted by Crippen LogP contribution is -2.36. The van der Waals surface area contributed by atoms with Gasteiger partial charge < -0.3 is 15.0 Å². The molecule has 1 aromatic rings. The Hall–Kier alpha value is -2.04. The van der Waals surface area contributed by atoms with Crippen LogP contribution in [0.25, 0.3) is 0 Å². The van der Waals surface area contributed by atoms with Crippen LogP contribution in [0.15, 0.2) is 18.2 Å². The third-order valence-electron chi connectivity index (χ3n) is 3.58. The highest BCUT2D eigenvalue weighted by Crippen LogP contribution is 2.22. The fourth-order valence-electron chi connectivity index (χ4n) is 2.53. The third-order valence-corrected chi connectivity index (χ3v) is 3.58. The Morgan fingerprint density at radius 1 is 1.23 bits per heavy atom. The second-order valence-electron chi connectivity index (χ2n) is 6.57. The van der Waals surface area contributed by atoms with Crippen LogP contribution in [0.5, 0.6) is 0 Å². The predicted octanol–water partition coefficient (Wildman–Crippen LogP) is 2.73. The number of hydrogen-bond acceptors (Lipinski definition) is 3. The van der Waals surface area contributed by atoms with E-state index in [0.717, 1.165) is 18.4 Å². The minimum Gasteiger partial charge on any atom is -0.444 e. The first kappa shape index (κ1) is 16.3. The number of carbonyl (C=O) groups is 2. The van der Waals surface area contributed by atoms with E-state index in [1.54, 1.807) is 11.9 Å². The lowest BCUT2D eigenvalue weighted by Gasteiger charge is -2.26. The van der Waals surface area contributed by atoms with Crippen LogP contribution in [0.2, 0.25) is 0 Å². The van der Waals surface area contributed by atoms with E-state index >= 15 is 0 Å². The molecule has 1 N–H and O–H groups in total. The van der Waals surface area contributed by atoms with Gasteiger partial charge in [-0.2, -0.15) is 0 Å². The van der Waals surface area contributed by atoms with Gasteiger partial charge in [0.05, 0.1) is 0 Å². The van der Waals surface area contributed by atoms with Crippen LogP contribution in [-0.4, -0.2) is 36.1 Å². The molecular weight excluding hydrogens is 280 g/mol. The van der Waals surface area contributed by atoms with Crippen molar-refractivity contribution in [3.05, 3.63) is 34.9 Å². The number of benzene rings is 1. The summed E-state index contributed by atoms with van der Waals surface area (Å²) in [5.74, 6) is -0.115. The van der Waals surface area contributed by atoms with E-state index in [-0.39, 0.29) is 12.0 Å². The number of nitrogens with one attached hydrogen (secondary N) is 1. The van der Waals surface area contributed by atoms with Gasteiger partial charge in [0.2, 0.25) is 0 Å². The van der Waals surface area contributed by atoms with Gasteiger partial charge in [0.1, 0.15) is 5.60 Å². The molecule has 5 heteroatoms. The maximum atomic E-state index is 12.3. The number of rotatable bonds is 1. The first-order valence-corrected chi connectivity index (χ1v) is 7.62. The largest absolute Gasteiger partial charge is 0.444 e. The molecule has 0 saturated heterocycles. The number of ether oxygens (including phenoxy) is 1. The molecule has 22 heavy (non-hydrogen) atoms. The molecule has 1 aliphatic rings. The van der Waals surface area contributed by atoms with Gasteiger partial charge in [-0.25, -0.2) is 4.79 Å². The van der Waals surface area contributed by atoms with Crippen LogP contribution in [0.1, 0.15) is 48.7 Å². The summed E-state index contributed by atoms with van der Waals surface area (Å²) in [6.07, 6.45) is 1.50. The Morgan fingerprint density at radius 3 is 2.59 bits per heavy atom. The molecule has 0 unspecified atom stereocenters. The summed E-state index contributed by atoms with van der Waals surface area (Å²) in [5.41, 5.74) is 2.33. The highest BCUT2D eigenvalue weighted by Gasteiger charge is 2.24. The normalized spacial score (nSPS) is 14.8. The van der Waals surface area contributed by atoms with Crippen LogP contribution in [0.3, 0.4) is 0 Å². The molecule has 1 aromatic carbocycles. The number of nitrogens with zero attached hydrogens (tertiary/aromatic N) is 1. The Balaban J connectivity index is 2.21. The molecule has 0 atom stereocenters. The number of carbonyl (C=O) groups excluding carboxylic acids is 2. The van der Waals surface area contributed by atoms with Gasteiger partial charge in [-0.1, -0.05) is 6.07 Å². The molecule has 0 radical (unpaired) electrons. The molecule has 1 heterocycles. The Kier molecular flexibility index (Phi) is 4.74. The molecule has 0 fully saturated rings. The second-order valence-corrected chi connectivity index (χ2v) is 6.57. The average molecular weight is 304 g/mol. The summed E-state index contributed by atoms with van der Waals surface area (Å²) in [6.45, 7) is 6.73. The van der Waals surface area contributed by atoms with E-state index < -0.39 is 5.60 Å². The standard InChI is InChI=1S/C17H24N2O3/c1-17(2,3)22-16(21)19-9-5-6-12-7-8-13(15(20)18-4)10-14(12)11-19/h7-8,10H,5-6,9,11H2,1-4H3,(H,18,20). The quantitative estimate of drug-likeness (QED) is 0.868. The average Bonchev–Trinajstić information content (AvgIpc) is 2.66. The van der Waals surface area contributed by atoms with Gasteiger partial charge in [-0.05, 0) is 56.9 Å². The van der Waals surface area contributed by atoms with Crippen molar-refractivity contribution in [2.24, 2.45) is 0 Å². The van der Waals surface area contributed by atoms with Crippen LogP contribution in [0.4, 0.5) is 4.79 Å². The summed E-state index contributed by atoms with van der Waals surface area (Å²) in [6, 6.07) is 5.69. The smallest absolute Gasteiger partial charge is 0.410 e. The highest BCUT2D eigenvalue weighted by molar-refractivity contribution is 5.94. The van der Waals surface area contributed by atoms with Crippen molar-refractivity contribution in [2.75, 3.05) is 13.6 Å². The van der Waals surface area contributed by atoms with Crippen molar-refractivity contribution in [3.63, 3.8) is 0 Å². The zero-order valence-electron chi connectivity index (χ0n) is 13.7. The number of fused-ring (bicyclic) bond motifs is 1. The van der Waals surface area contributed by atoms with Crippen molar-refractivity contribution >= 4 is 12.0 Å². The van der Waals surface area contributed by atoms with E-state index in [1.165, 1.54) is 5.56 Å². The van der Waals surface area contributed by atoms with Crippen molar-refractivity contribution in [3.8, 4) is 0 Å². The Labute approximate surface area is 131 Å². The van der Waals surface area contributed by atoms with Crippen molar-refractivity contribution in [1.29, 1.82) is 0 Å². The molecule has 0 saturated carbocycles. The van der Waals surface area contributed by atoms with Gasteiger partial charge in [-0.15, -0.1) is 0 Å². The minimum atomic E-state index is -0.504. The zero-order chi connectivity index (χ0) is 16.3. The molecule has 0 bridgehead atoms. The van der Waals surface area contributed by atoms with E-state index in [2.05, 4.69) is 5.32 Å². The van der Waals surface area contributed by atoms with Crippen molar-refractivity contribution in [2.45, 2.75) is 45.8 Å². The number of hydrogen-bond donors (Lipinski definition) is 1. The molecule has 0 aromatic heterocycles. The van der Waals surface area contributed by atoms with Crippen LogP contribution >= 0.6 is 0 Å². The lowest BCUT2D eigenvalue weighted by atomic mass is 10.0. The Morgan fingerprint density at radius 2 is 1.95 bits per heavy atom. The maximum Gasteiger partial charge on any atom is 0.410 e. The zero-order valence-corrected chi connectivity index (χ0v) is 13.7. The van der Waals surface area contributed by atoms with Crippen LogP contribution < -0.4 is 5.32 Å². The van der Waals surface area contributed by atoms with Crippen LogP contribution in [0, 0.1) is 0 Å². The van der Waals surface area contributed by atoms with E-state index in [4.69, 9.17) is 4.74 Å². The van der Waals surface area contributed by atoms with E-state index in [1.807, 2.05) is 39.0 Å². The monoisotopic (exact) mass is 304 g/mol. The summed E-state index contributed by atoms with van der Waals surface area (Å²) in [5, 5.41) is 2.62. The summed E-state index contributed by atoms with van der Waals surface area (Å²) < 4.78 is 5.45. The Bertz CT molecular complexity index is 576. The van der Waals surface area contributed by atoms with E-state index in [0.29, 0.717) is 18.7 Å². The SMILES string of the molecule is CNC(=O)c1ccc2c(c1)CN(C(=O)OC(C)(C)C)CCC2. The maximum absolute atomic E-state index is 12.3. The van der Waals surface area contributed by atoms with E-state index in [9.17, 15) is 9.59 Å². The fraction of sp³-hybridized carbons (Fsp3) is 0.529. The fourth-order valence-corrected chi connectivity index (χ4v) is 2.53. The first-order chi connectivity index (χ1) is 10.3. The van der Waals surface area contributed by atoms with Crippen molar-refractivity contribution in [1.82, 2.24) is 10.2 Å². The highest BCUT2D eigenvalue weighted by atomic mass is 16.6. The summed E-state index contributed by atoms with van der Waals surface area (Å²) >= 11 is 0. The molecule has 2 rings (SSSR count). The van der Waals surface area contributed by atoms with Crippen molar-refractivity contribution < 1.29 is 14.3 Å². The lowest BCUT2D eigenvalue weighted by molar-refractivity contribution is 0.0237. The second kappa shape index (κ2) is 6.38. The van der Waals surface area contributed by atoms with Gasteiger partial charge >= 0.3 is 6.09 Å². The topological polar surface area (TPSA) is 58.6 Å². The molecule has 0 spiro atoms. The molecular formula is C17H24N2O3. The summed E-state index contributed by atoms with van der Waals surface area (Å²) in [7, 11) is 1.61. The van der Waals surface area contributed by atoms with Gasteiger partial charge in [-0.3, -0.25) is 4.79 Å². The number of amides is 2.